The third kappa shape index (κ3) is 1.96. The number of methoxy groups -OCH3 is 1. The number of rotatable bonds is 4. The Morgan fingerprint density at radius 3 is 2.56 bits per heavy atom. The third-order valence-corrected chi connectivity index (χ3v) is 4.29. The summed E-state index contributed by atoms with van der Waals surface area (Å²) in [5.41, 5.74) is -0.291. The monoisotopic (exact) mass is 248 g/mol. The Bertz CT molecular complexity index is 393. The molecule has 0 spiro atoms. The van der Waals surface area contributed by atoms with E-state index in [-0.39, 0.29) is 23.9 Å². The van der Waals surface area contributed by atoms with Gasteiger partial charge in [-0.3, -0.25) is 8.98 Å². The highest BCUT2D eigenvalue weighted by Gasteiger charge is 2.60. The molecule has 3 saturated carbocycles. The number of carbonyl (C=O) groups is 1. The van der Waals surface area contributed by atoms with Gasteiger partial charge in [0.1, 0.15) is 0 Å². The summed E-state index contributed by atoms with van der Waals surface area (Å²) >= 11 is 0. The van der Waals surface area contributed by atoms with Crippen molar-refractivity contribution in [1.82, 2.24) is 0 Å². The molecule has 3 aliphatic carbocycles. The number of fused-ring (bicyclic) bond motifs is 1. The van der Waals surface area contributed by atoms with Gasteiger partial charge >= 0.3 is 5.97 Å². The van der Waals surface area contributed by atoms with Crippen molar-refractivity contribution in [3.8, 4) is 0 Å². The van der Waals surface area contributed by atoms with E-state index in [2.05, 4.69) is 0 Å². The fraction of sp³-hybridized carbons (Fsp3) is 0.900. The van der Waals surface area contributed by atoms with Gasteiger partial charge in [-0.1, -0.05) is 0 Å². The van der Waals surface area contributed by atoms with Crippen LogP contribution in [0.15, 0.2) is 0 Å². The molecule has 0 aliphatic heterocycles. The highest BCUT2D eigenvalue weighted by Crippen LogP contribution is 2.62. The molecule has 1 unspecified atom stereocenters. The van der Waals surface area contributed by atoms with Crippen LogP contribution in [0.3, 0.4) is 0 Å². The number of carbonyl (C=O) groups excluding carboxylic acids is 1. The average Bonchev–Trinajstić information content (AvgIpc) is 2.66. The molecule has 5 nitrogen and oxygen atoms in total. The molecule has 0 radical (unpaired) electrons. The molecule has 0 amide bonds. The van der Waals surface area contributed by atoms with Gasteiger partial charge in [-0.15, -0.1) is 0 Å². The summed E-state index contributed by atoms with van der Waals surface area (Å²) in [6.45, 7) is 0.113. The molecular formula is C10H16O5S. The number of hydrogen-bond donors (Lipinski definition) is 0. The van der Waals surface area contributed by atoms with E-state index in [0.717, 1.165) is 25.5 Å². The predicted octanol–water partition coefficient (Wildman–Crippen LogP) is 0.552. The Labute approximate surface area is 95.2 Å². The van der Waals surface area contributed by atoms with E-state index in [9.17, 15) is 13.2 Å². The van der Waals surface area contributed by atoms with Crippen LogP contribution in [0.2, 0.25) is 0 Å². The van der Waals surface area contributed by atoms with Crippen LogP contribution < -0.4 is 0 Å². The van der Waals surface area contributed by atoms with Crippen molar-refractivity contribution >= 4 is 16.1 Å². The topological polar surface area (TPSA) is 69.7 Å². The van der Waals surface area contributed by atoms with Crippen molar-refractivity contribution in [3.63, 3.8) is 0 Å². The number of hydrogen-bond acceptors (Lipinski definition) is 5. The van der Waals surface area contributed by atoms with Gasteiger partial charge in [0.25, 0.3) is 10.1 Å². The summed E-state index contributed by atoms with van der Waals surface area (Å²) < 4.78 is 31.5. The average molecular weight is 248 g/mol. The largest absolute Gasteiger partial charge is 0.469 e. The zero-order valence-electron chi connectivity index (χ0n) is 9.43. The normalized spacial score (nSPS) is 36.9. The second kappa shape index (κ2) is 3.70. The van der Waals surface area contributed by atoms with E-state index in [1.54, 1.807) is 0 Å². The van der Waals surface area contributed by atoms with E-state index in [4.69, 9.17) is 8.92 Å². The SMILES string of the molecule is COC(=O)C1CC2CC1(COS(C)(=O)=O)C2. The zero-order valence-corrected chi connectivity index (χ0v) is 10.2. The minimum atomic E-state index is -3.43. The minimum Gasteiger partial charge on any atom is -0.469 e. The molecule has 3 aliphatic rings. The van der Waals surface area contributed by atoms with Gasteiger partial charge in [-0.25, -0.2) is 0 Å². The summed E-state index contributed by atoms with van der Waals surface area (Å²) in [6.07, 6.45) is 3.59. The second-order valence-corrected chi connectivity index (χ2v) is 6.56. The fourth-order valence-corrected chi connectivity index (χ4v) is 3.50. The van der Waals surface area contributed by atoms with Gasteiger partial charge in [-0.2, -0.15) is 8.42 Å². The van der Waals surface area contributed by atoms with Crippen LogP contribution in [0.1, 0.15) is 19.3 Å². The van der Waals surface area contributed by atoms with Crippen LogP contribution in [0.25, 0.3) is 0 Å². The first kappa shape index (κ1) is 11.9. The Morgan fingerprint density at radius 1 is 1.44 bits per heavy atom. The maximum Gasteiger partial charge on any atom is 0.309 e. The molecule has 16 heavy (non-hydrogen) atoms. The van der Waals surface area contributed by atoms with Crippen LogP contribution in [0.5, 0.6) is 0 Å². The molecule has 92 valence electrons. The summed E-state index contributed by atoms with van der Waals surface area (Å²) in [5, 5.41) is 0. The Hall–Kier alpha value is -0.620. The highest BCUT2D eigenvalue weighted by atomic mass is 32.2. The molecular weight excluding hydrogens is 232 g/mol. The van der Waals surface area contributed by atoms with E-state index in [1.165, 1.54) is 7.11 Å². The quantitative estimate of drug-likeness (QED) is 0.537. The Morgan fingerprint density at radius 2 is 2.06 bits per heavy atom. The van der Waals surface area contributed by atoms with E-state index in [0.29, 0.717) is 5.92 Å². The lowest BCUT2D eigenvalue weighted by molar-refractivity contribution is -0.150. The van der Waals surface area contributed by atoms with Crippen molar-refractivity contribution in [2.24, 2.45) is 17.3 Å². The molecule has 6 heteroatoms. The lowest BCUT2D eigenvalue weighted by Crippen LogP contribution is -2.40. The van der Waals surface area contributed by atoms with Crippen LogP contribution in [0, 0.1) is 17.3 Å². The van der Waals surface area contributed by atoms with Gasteiger partial charge in [0.2, 0.25) is 0 Å². The predicted molar refractivity (Wildman–Crippen MR) is 56.1 cm³/mol. The summed E-state index contributed by atoms with van der Waals surface area (Å²) in [4.78, 5) is 11.6. The first-order valence-corrected chi connectivity index (χ1v) is 7.10. The van der Waals surface area contributed by atoms with Crippen molar-refractivity contribution in [2.75, 3.05) is 20.0 Å². The maximum absolute atomic E-state index is 11.6. The van der Waals surface area contributed by atoms with Gasteiger partial charge in [0, 0.05) is 5.41 Å². The van der Waals surface area contributed by atoms with Crippen LogP contribution in [0.4, 0.5) is 0 Å². The van der Waals surface area contributed by atoms with E-state index in [1.807, 2.05) is 0 Å². The van der Waals surface area contributed by atoms with E-state index >= 15 is 0 Å². The van der Waals surface area contributed by atoms with Crippen molar-refractivity contribution in [2.45, 2.75) is 19.3 Å². The van der Waals surface area contributed by atoms with Crippen LogP contribution in [-0.2, 0) is 23.8 Å². The first-order chi connectivity index (χ1) is 7.36. The molecule has 0 saturated heterocycles. The molecule has 0 aromatic rings. The van der Waals surface area contributed by atoms with Crippen LogP contribution in [-0.4, -0.2) is 34.4 Å². The van der Waals surface area contributed by atoms with Crippen molar-refractivity contribution in [3.05, 3.63) is 0 Å². The smallest absolute Gasteiger partial charge is 0.309 e. The molecule has 3 fully saturated rings. The Balaban J connectivity index is 2.04. The van der Waals surface area contributed by atoms with Crippen molar-refractivity contribution in [1.29, 1.82) is 0 Å². The molecule has 0 heterocycles. The van der Waals surface area contributed by atoms with Crippen LogP contribution >= 0.6 is 0 Å². The Kier molecular flexibility index (Phi) is 2.74. The molecule has 2 bridgehead atoms. The van der Waals surface area contributed by atoms with Gasteiger partial charge < -0.3 is 4.74 Å². The number of ether oxygens (including phenoxy) is 1. The summed E-state index contributed by atoms with van der Waals surface area (Å²) in [6, 6.07) is 0. The lowest BCUT2D eigenvalue weighted by atomic mass is 9.67. The molecule has 0 aromatic heterocycles. The highest BCUT2D eigenvalue weighted by molar-refractivity contribution is 7.85. The molecule has 1 atom stereocenters. The maximum atomic E-state index is 11.6. The van der Waals surface area contributed by atoms with Gasteiger partial charge in [0.05, 0.1) is 25.9 Å². The van der Waals surface area contributed by atoms with E-state index < -0.39 is 10.1 Å². The molecule has 0 aromatic carbocycles. The molecule has 3 rings (SSSR count). The van der Waals surface area contributed by atoms with Gasteiger partial charge in [0.15, 0.2) is 0 Å². The second-order valence-electron chi connectivity index (χ2n) is 4.91. The van der Waals surface area contributed by atoms with Gasteiger partial charge in [-0.05, 0) is 25.2 Å². The number of esters is 1. The van der Waals surface area contributed by atoms with Crippen molar-refractivity contribution < 1.29 is 22.1 Å². The molecule has 0 N–H and O–H groups in total. The first-order valence-electron chi connectivity index (χ1n) is 5.28. The third-order valence-electron chi connectivity index (χ3n) is 3.74. The minimum absolute atomic E-state index is 0.113. The lowest BCUT2D eigenvalue weighted by Gasteiger charge is -2.39. The standard InChI is InChI=1S/C10H16O5S/c1-14-9(11)8-3-7-4-10(8,5-7)6-15-16(2,12)13/h7-8H,3-6H2,1-2H3. The summed E-state index contributed by atoms with van der Waals surface area (Å²) in [5.74, 6) is 0.105. The zero-order chi connectivity index (χ0) is 12.0. The summed E-state index contributed by atoms with van der Waals surface area (Å²) in [7, 11) is -2.07. The fourth-order valence-electron chi connectivity index (χ4n) is 3.06.